The van der Waals surface area contributed by atoms with Gasteiger partial charge in [-0.05, 0) is 50.5 Å². The molecule has 1 N–H and O–H groups in total. The number of nitrogens with zero attached hydrogens (tertiary/aromatic N) is 2. The summed E-state index contributed by atoms with van der Waals surface area (Å²) >= 11 is 0. The minimum atomic E-state index is -0.299. The van der Waals surface area contributed by atoms with E-state index in [9.17, 15) is 9.59 Å². The molecule has 2 aromatic rings. The van der Waals surface area contributed by atoms with Gasteiger partial charge in [0.05, 0.1) is 12.3 Å². The number of aromatic nitrogens is 1. The van der Waals surface area contributed by atoms with Crippen molar-refractivity contribution in [2.75, 3.05) is 25.0 Å². The third kappa shape index (κ3) is 4.20. The van der Waals surface area contributed by atoms with E-state index in [2.05, 4.69) is 10.3 Å². The van der Waals surface area contributed by atoms with E-state index in [4.69, 9.17) is 4.74 Å². The number of carbonyl (C=O) groups is 2. The van der Waals surface area contributed by atoms with E-state index < -0.39 is 0 Å². The van der Waals surface area contributed by atoms with E-state index in [1.807, 2.05) is 19.1 Å². The Kier molecular flexibility index (Phi) is 5.84. The maximum absolute atomic E-state index is 12.6. The summed E-state index contributed by atoms with van der Waals surface area (Å²) in [5, 5.41) is 2.84. The van der Waals surface area contributed by atoms with Crippen LogP contribution < -0.4 is 10.1 Å². The number of rotatable bonds is 5. The largest absolute Gasteiger partial charge is 0.492 e. The highest BCUT2D eigenvalue weighted by atomic mass is 16.5. The van der Waals surface area contributed by atoms with E-state index in [1.165, 1.54) is 6.20 Å². The zero-order valence-electron chi connectivity index (χ0n) is 14.9. The molecule has 0 radical (unpaired) electrons. The maximum atomic E-state index is 12.6. The number of ether oxygens (including phenoxy) is 1. The van der Waals surface area contributed by atoms with Crippen molar-refractivity contribution in [3.63, 3.8) is 0 Å². The maximum Gasteiger partial charge on any atom is 0.272 e. The van der Waals surface area contributed by atoms with Gasteiger partial charge in [0.2, 0.25) is 0 Å². The number of amides is 2. The van der Waals surface area contributed by atoms with Crippen molar-refractivity contribution in [1.82, 2.24) is 9.88 Å². The van der Waals surface area contributed by atoms with Crippen molar-refractivity contribution in [3.8, 4) is 5.75 Å². The molecule has 0 aliphatic carbocycles. The van der Waals surface area contributed by atoms with Crippen LogP contribution in [-0.2, 0) is 0 Å². The van der Waals surface area contributed by atoms with Crippen molar-refractivity contribution < 1.29 is 14.3 Å². The number of anilines is 1. The number of piperidine rings is 1. The fraction of sp³-hybridized carbons (Fsp3) is 0.350. The topological polar surface area (TPSA) is 71.5 Å². The monoisotopic (exact) mass is 353 g/mol. The molecule has 2 amide bonds. The summed E-state index contributed by atoms with van der Waals surface area (Å²) in [6.07, 6.45) is 4.68. The first-order valence-electron chi connectivity index (χ1n) is 8.97. The van der Waals surface area contributed by atoms with E-state index in [1.54, 1.807) is 29.2 Å². The summed E-state index contributed by atoms with van der Waals surface area (Å²) in [6, 6.07) is 10.4. The molecule has 0 spiro atoms. The first-order chi connectivity index (χ1) is 12.7. The summed E-state index contributed by atoms with van der Waals surface area (Å²) < 4.78 is 5.53. The highest BCUT2D eigenvalue weighted by molar-refractivity contribution is 6.06. The van der Waals surface area contributed by atoms with Crippen LogP contribution in [0.4, 0.5) is 5.69 Å². The van der Waals surface area contributed by atoms with Crippen LogP contribution >= 0.6 is 0 Å². The van der Waals surface area contributed by atoms with Crippen LogP contribution in [0.2, 0.25) is 0 Å². The molecule has 1 aromatic heterocycles. The molecule has 1 aliphatic heterocycles. The molecular formula is C20H23N3O3. The fourth-order valence-corrected chi connectivity index (χ4v) is 2.99. The lowest BCUT2D eigenvalue weighted by Gasteiger charge is -2.26. The number of para-hydroxylation sites is 2. The average molecular weight is 353 g/mol. The lowest BCUT2D eigenvalue weighted by atomic mass is 10.1. The Labute approximate surface area is 153 Å². The predicted octanol–water partition coefficient (Wildman–Crippen LogP) is 3.36. The van der Waals surface area contributed by atoms with Crippen LogP contribution in [0.3, 0.4) is 0 Å². The molecule has 6 nitrogen and oxygen atoms in total. The third-order valence-electron chi connectivity index (χ3n) is 4.32. The summed E-state index contributed by atoms with van der Waals surface area (Å²) in [5.41, 5.74) is 1.30. The predicted molar refractivity (Wildman–Crippen MR) is 99.6 cm³/mol. The summed E-state index contributed by atoms with van der Waals surface area (Å²) in [5.74, 6) is 0.198. The summed E-state index contributed by atoms with van der Waals surface area (Å²) in [4.78, 5) is 31.1. The Morgan fingerprint density at radius 1 is 1.15 bits per heavy atom. The molecule has 1 aromatic carbocycles. The summed E-state index contributed by atoms with van der Waals surface area (Å²) in [6.45, 7) is 3.90. The molecule has 0 unspecified atom stereocenters. The van der Waals surface area contributed by atoms with Crippen molar-refractivity contribution in [2.24, 2.45) is 0 Å². The number of pyridine rings is 1. The molecule has 1 aliphatic rings. The molecule has 3 rings (SSSR count). The Bertz CT molecular complexity index is 785. The van der Waals surface area contributed by atoms with Crippen molar-refractivity contribution in [1.29, 1.82) is 0 Å². The van der Waals surface area contributed by atoms with Crippen LogP contribution in [0, 0.1) is 0 Å². The molecule has 6 heteroatoms. The average Bonchev–Trinajstić information content (AvgIpc) is 2.70. The Hall–Kier alpha value is -2.89. The smallest absolute Gasteiger partial charge is 0.272 e. The number of hydrogen-bond acceptors (Lipinski definition) is 4. The van der Waals surface area contributed by atoms with E-state index in [-0.39, 0.29) is 11.8 Å². The first kappa shape index (κ1) is 17.9. The van der Waals surface area contributed by atoms with Gasteiger partial charge < -0.3 is 15.0 Å². The van der Waals surface area contributed by atoms with Gasteiger partial charge >= 0.3 is 0 Å². The van der Waals surface area contributed by atoms with E-state index >= 15 is 0 Å². The molecular weight excluding hydrogens is 330 g/mol. The van der Waals surface area contributed by atoms with Gasteiger partial charge in [-0.2, -0.15) is 0 Å². The van der Waals surface area contributed by atoms with Crippen molar-refractivity contribution in [3.05, 3.63) is 53.9 Å². The molecule has 26 heavy (non-hydrogen) atoms. The van der Waals surface area contributed by atoms with Gasteiger partial charge in [-0.15, -0.1) is 0 Å². The minimum absolute atomic E-state index is 0.117. The molecule has 0 bridgehead atoms. The van der Waals surface area contributed by atoms with E-state index in [0.717, 1.165) is 32.4 Å². The standard InChI is InChI=1S/C20H23N3O3/c1-2-26-18-9-5-4-8-16(18)22-19(24)15-10-11-21-17(14-15)20(25)23-12-6-3-7-13-23/h4-5,8-11,14H,2-3,6-7,12-13H2,1H3,(H,22,24). The molecule has 0 saturated carbocycles. The molecule has 1 fully saturated rings. The van der Waals surface area contributed by atoms with Gasteiger partial charge in [0.1, 0.15) is 11.4 Å². The molecule has 2 heterocycles. The van der Waals surface area contributed by atoms with Gasteiger partial charge in [0.25, 0.3) is 11.8 Å². The highest BCUT2D eigenvalue weighted by Crippen LogP contribution is 2.24. The minimum Gasteiger partial charge on any atom is -0.492 e. The van der Waals surface area contributed by atoms with Gasteiger partial charge in [0.15, 0.2) is 0 Å². The fourth-order valence-electron chi connectivity index (χ4n) is 2.99. The van der Waals surface area contributed by atoms with Gasteiger partial charge in [0, 0.05) is 24.8 Å². The van der Waals surface area contributed by atoms with Crippen LogP contribution in [0.5, 0.6) is 5.75 Å². The number of carbonyl (C=O) groups excluding carboxylic acids is 2. The highest BCUT2D eigenvalue weighted by Gasteiger charge is 2.20. The second-order valence-corrected chi connectivity index (χ2v) is 6.17. The Balaban J connectivity index is 1.75. The molecule has 1 saturated heterocycles. The number of likely N-dealkylation sites (tertiary alicyclic amines) is 1. The van der Waals surface area contributed by atoms with E-state index in [0.29, 0.717) is 29.3 Å². The van der Waals surface area contributed by atoms with Gasteiger partial charge in [-0.3, -0.25) is 14.6 Å². The lowest BCUT2D eigenvalue weighted by molar-refractivity contribution is 0.0718. The Morgan fingerprint density at radius 3 is 2.69 bits per heavy atom. The SMILES string of the molecule is CCOc1ccccc1NC(=O)c1ccnc(C(=O)N2CCCCC2)c1. The number of nitrogens with one attached hydrogen (secondary N) is 1. The van der Waals surface area contributed by atoms with Gasteiger partial charge in [-0.1, -0.05) is 12.1 Å². The third-order valence-corrected chi connectivity index (χ3v) is 4.32. The molecule has 136 valence electrons. The second-order valence-electron chi connectivity index (χ2n) is 6.17. The second kappa shape index (κ2) is 8.47. The summed E-state index contributed by atoms with van der Waals surface area (Å²) in [7, 11) is 0. The van der Waals surface area contributed by atoms with Crippen molar-refractivity contribution in [2.45, 2.75) is 26.2 Å². The van der Waals surface area contributed by atoms with Crippen LogP contribution in [0.1, 0.15) is 47.0 Å². The van der Waals surface area contributed by atoms with Gasteiger partial charge in [-0.25, -0.2) is 0 Å². The lowest BCUT2D eigenvalue weighted by Crippen LogP contribution is -2.36. The Morgan fingerprint density at radius 2 is 1.92 bits per heavy atom. The molecule has 0 atom stereocenters. The number of benzene rings is 1. The van der Waals surface area contributed by atoms with Crippen LogP contribution in [-0.4, -0.2) is 41.4 Å². The van der Waals surface area contributed by atoms with Crippen molar-refractivity contribution >= 4 is 17.5 Å². The zero-order valence-corrected chi connectivity index (χ0v) is 14.9. The first-order valence-corrected chi connectivity index (χ1v) is 8.97. The quantitative estimate of drug-likeness (QED) is 0.895. The normalized spacial score (nSPS) is 14.0. The zero-order chi connectivity index (χ0) is 18.4. The van der Waals surface area contributed by atoms with Crippen LogP contribution in [0.25, 0.3) is 0 Å². The van der Waals surface area contributed by atoms with Crippen LogP contribution in [0.15, 0.2) is 42.6 Å². The number of hydrogen-bond donors (Lipinski definition) is 1.